The maximum absolute atomic E-state index is 13.2. The number of hydrogen-bond donors (Lipinski definition) is 0. The Bertz CT molecular complexity index is 1620. The van der Waals surface area contributed by atoms with E-state index in [9.17, 15) is 13.2 Å². The largest absolute Gasteiger partial charge is 0.288 e. The number of halogens is 1. The second-order valence-electron chi connectivity index (χ2n) is 7.55. The number of sulfonamides is 1. The van der Waals surface area contributed by atoms with E-state index < -0.39 is 20.5 Å². The summed E-state index contributed by atoms with van der Waals surface area (Å²) in [4.78, 5) is 14.2. The van der Waals surface area contributed by atoms with Crippen LogP contribution in [0.1, 0.15) is 0 Å². The first-order chi connectivity index (χ1) is 15.9. The lowest BCUT2D eigenvalue weighted by Gasteiger charge is -2.19. The summed E-state index contributed by atoms with van der Waals surface area (Å²) in [5.41, 5.74) is 0.509. The number of nitrogens with zero attached hydrogens (tertiary/aromatic N) is 1. The summed E-state index contributed by atoms with van der Waals surface area (Å²) in [5.74, 6) is 0. The highest BCUT2D eigenvalue weighted by Crippen LogP contribution is 2.43. The summed E-state index contributed by atoms with van der Waals surface area (Å²) in [6.07, 6.45) is 0. The van der Waals surface area contributed by atoms with Gasteiger partial charge in [0.05, 0.1) is 21.4 Å². The third-order valence-electron chi connectivity index (χ3n) is 5.59. The van der Waals surface area contributed by atoms with E-state index in [-0.39, 0.29) is 10.3 Å². The SMILES string of the molecule is CN(c1cccc(Cl)c1)S(=O)(=O)c1ccc(-[s+]2c3ccccc3c(=O)c3ccccc32)cc1. The molecule has 5 rings (SSSR count). The highest BCUT2D eigenvalue weighted by atomic mass is 35.5. The molecule has 0 spiro atoms. The molecule has 33 heavy (non-hydrogen) atoms. The van der Waals surface area contributed by atoms with Gasteiger partial charge in [0, 0.05) is 22.5 Å². The predicted molar refractivity (Wildman–Crippen MR) is 139 cm³/mol. The van der Waals surface area contributed by atoms with E-state index >= 15 is 0 Å². The Hall–Kier alpha value is -3.19. The van der Waals surface area contributed by atoms with Gasteiger partial charge >= 0.3 is 0 Å². The molecule has 0 amide bonds. The number of benzene rings is 4. The minimum absolute atomic E-state index is 0.0206. The fourth-order valence-electron chi connectivity index (χ4n) is 3.90. The van der Waals surface area contributed by atoms with Crippen LogP contribution in [-0.4, -0.2) is 15.5 Å². The molecule has 0 unspecified atom stereocenters. The molecular formula is C26H19ClNO3S2+. The molecule has 0 saturated carbocycles. The molecule has 1 heterocycles. The van der Waals surface area contributed by atoms with Crippen LogP contribution in [0.2, 0.25) is 5.02 Å². The van der Waals surface area contributed by atoms with E-state index in [1.807, 2.05) is 60.7 Å². The molecule has 0 radical (unpaired) electrons. The summed E-state index contributed by atoms with van der Waals surface area (Å²) in [7, 11) is -2.76. The zero-order chi connectivity index (χ0) is 23.2. The average Bonchev–Trinajstić information content (AvgIpc) is 2.84. The number of rotatable bonds is 4. The first-order valence-electron chi connectivity index (χ1n) is 10.2. The van der Waals surface area contributed by atoms with Crippen LogP contribution in [-0.2, 0) is 10.0 Å². The van der Waals surface area contributed by atoms with Gasteiger partial charge < -0.3 is 0 Å². The Kier molecular flexibility index (Phi) is 5.44. The van der Waals surface area contributed by atoms with Gasteiger partial charge in [-0.3, -0.25) is 9.10 Å². The van der Waals surface area contributed by atoms with Crippen LogP contribution in [0.5, 0.6) is 0 Å². The number of fused-ring (bicyclic) bond motifs is 2. The lowest BCUT2D eigenvalue weighted by atomic mass is 10.2. The Morgan fingerprint density at radius 1 is 0.758 bits per heavy atom. The number of anilines is 1. The predicted octanol–water partition coefficient (Wildman–Crippen LogP) is 6.57. The zero-order valence-corrected chi connectivity index (χ0v) is 20.0. The second kappa shape index (κ2) is 8.30. The zero-order valence-electron chi connectivity index (χ0n) is 17.6. The summed E-state index contributed by atoms with van der Waals surface area (Å²) in [6, 6.07) is 28.9. The first kappa shape index (κ1) is 21.6. The smallest absolute Gasteiger partial charge is 0.264 e. The molecule has 0 bridgehead atoms. The lowest BCUT2D eigenvalue weighted by Crippen LogP contribution is -2.26. The van der Waals surface area contributed by atoms with Crippen LogP contribution in [0.25, 0.3) is 25.1 Å². The molecule has 0 saturated heterocycles. The van der Waals surface area contributed by atoms with Crippen molar-refractivity contribution in [2.45, 2.75) is 4.90 Å². The van der Waals surface area contributed by atoms with E-state index in [1.54, 1.807) is 36.4 Å². The highest BCUT2D eigenvalue weighted by Gasteiger charge is 2.25. The highest BCUT2D eigenvalue weighted by molar-refractivity contribution is 7.92. The molecule has 1 aromatic heterocycles. The molecule has 7 heteroatoms. The van der Waals surface area contributed by atoms with Crippen molar-refractivity contribution in [2.75, 3.05) is 11.4 Å². The fourth-order valence-corrected chi connectivity index (χ4v) is 7.61. The van der Waals surface area contributed by atoms with Crippen LogP contribution in [0, 0.1) is 0 Å². The molecule has 0 aliphatic rings. The molecule has 0 aliphatic carbocycles. The van der Waals surface area contributed by atoms with Crippen molar-refractivity contribution in [2.24, 2.45) is 0 Å². The first-order valence-corrected chi connectivity index (χ1v) is 13.2. The minimum Gasteiger partial charge on any atom is -0.288 e. The summed E-state index contributed by atoms with van der Waals surface area (Å²) >= 11 is 6.04. The van der Waals surface area contributed by atoms with Gasteiger partial charge in [-0.2, -0.15) is 0 Å². The van der Waals surface area contributed by atoms with Crippen molar-refractivity contribution < 1.29 is 8.42 Å². The fraction of sp³-hybridized carbons (Fsp3) is 0.0385. The quantitative estimate of drug-likeness (QED) is 0.210. The van der Waals surface area contributed by atoms with Gasteiger partial charge in [0.2, 0.25) is 5.43 Å². The third kappa shape index (κ3) is 3.70. The second-order valence-corrected chi connectivity index (χ2v) is 11.9. The van der Waals surface area contributed by atoms with Gasteiger partial charge in [0.1, 0.15) is 0 Å². The number of hydrogen-bond acceptors (Lipinski definition) is 3. The van der Waals surface area contributed by atoms with E-state index in [0.29, 0.717) is 21.5 Å². The third-order valence-corrected chi connectivity index (χ3v) is 9.96. The monoisotopic (exact) mass is 492 g/mol. The van der Waals surface area contributed by atoms with Crippen molar-refractivity contribution in [1.82, 2.24) is 0 Å². The standard InChI is InChI=1S/C26H19ClNO3S2/c1-28(19-8-6-7-18(27)17-19)33(30,31)21-15-13-20(14-16-21)32-24-11-4-2-9-22(24)26(29)23-10-3-5-12-25(23)32/h2-17H,1H3/q+1. The van der Waals surface area contributed by atoms with Gasteiger partial charge in [0.15, 0.2) is 14.3 Å². The lowest BCUT2D eigenvalue weighted by molar-refractivity contribution is 0.594. The topological polar surface area (TPSA) is 54.5 Å². The Balaban J connectivity index is 1.65. The molecule has 5 aromatic rings. The van der Waals surface area contributed by atoms with Crippen LogP contribution >= 0.6 is 22.1 Å². The van der Waals surface area contributed by atoms with E-state index in [4.69, 9.17) is 11.6 Å². The Labute approximate surface area is 199 Å². The summed E-state index contributed by atoms with van der Waals surface area (Å²) in [5, 5.41) is 1.85. The van der Waals surface area contributed by atoms with Gasteiger partial charge in [-0.15, -0.1) is 0 Å². The summed E-state index contributed by atoms with van der Waals surface area (Å²) < 4.78 is 29.5. The van der Waals surface area contributed by atoms with Crippen molar-refractivity contribution in [3.8, 4) is 4.90 Å². The van der Waals surface area contributed by atoms with E-state index in [1.165, 1.54) is 11.4 Å². The summed E-state index contributed by atoms with van der Waals surface area (Å²) in [6.45, 7) is 0. The van der Waals surface area contributed by atoms with Gasteiger partial charge in [-0.05, 0) is 66.7 Å². The van der Waals surface area contributed by atoms with Gasteiger partial charge in [-0.25, -0.2) is 8.42 Å². The molecule has 164 valence electrons. The molecule has 4 nitrogen and oxygen atoms in total. The van der Waals surface area contributed by atoms with Crippen LogP contribution in [0.3, 0.4) is 0 Å². The molecular weight excluding hydrogens is 474 g/mol. The van der Waals surface area contributed by atoms with Crippen molar-refractivity contribution >= 4 is 58.0 Å². The van der Waals surface area contributed by atoms with Crippen LogP contribution in [0.4, 0.5) is 5.69 Å². The van der Waals surface area contributed by atoms with Crippen LogP contribution in [0.15, 0.2) is 107 Å². The molecule has 0 fully saturated rings. The molecule has 4 aromatic carbocycles. The maximum atomic E-state index is 13.2. The Morgan fingerprint density at radius 2 is 1.33 bits per heavy atom. The molecule has 0 aliphatic heterocycles. The van der Waals surface area contributed by atoms with Crippen LogP contribution < -0.4 is 9.73 Å². The van der Waals surface area contributed by atoms with Gasteiger partial charge in [0.25, 0.3) is 10.0 Å². The average molecular weight is 493 g/mol. The molecule has 0 atom stereocenters. The van der Waals surface area contributed by atoms with Gasteiger partial charge in [-0.1, -0.05) is 41.9 Å². The van der Waals surface area contributed by atoms with E-state index in [2.05, 4.69) is 0 Å². The van der Waals surface area contributed by atoms with Crippen molar-refractivity contribution in [3.63, 3.8) is 0 Å². The molecule has 0 N–H and O–H groups in total. The maximum Gasteiger partial charge on any atom is 0.264 e. The normalized spacial score (nSPS) is 11.7. The van der Waals surface area contributed by atoms with E-state index in [0.717, 1.165) is 14.3 Å². The van der Waals surface area contributed by atoms with Crippen molar-refractivity contribution in [1.29, 1.82) is 0 Å². The minimum atomic E-state index is -3.76. The Morgan fingerprint density at radius 3 is 1.91 bits per heavy atom. The van der Waals surface area contributed by atoms with Crippen molar-refractivity contribution in [3.05, 3.63) is 112 Å².